The molecule has 0 saturated carbocycles. The Balaban J connectivity index is 0.00000338. The Morgan fingerprint density at radius 1 is 1.23 bits per heavy atom. The van der Waals surface area contributed by atoms with Crippen molar-refractivity contribution in [2.24, 2.45) is 5.73 Å². The molecule has 1 heterocycles. The highest BCUT2D eigenvalue weighted by molar-refractivity contribution is 7.91. The van der Waals surface area contributed by atoms with Crippen molar-refractivity contribution in [1.29, 1.82) is 0 Å². The first-order chi connectivity index (χ1) is 11.6. The molecule has 0 spiro atoms. The molecule has 0 radical (unpaired) electrons. The lowest BCUT2D eigenvalue weighted by Crippen LogP contribution is -2.37. The predicted molar refractivity (Wildman–Crippen MR) is 104 cm³/mol. The molecule has 1 amide bonds. The third kappa shape index (κ3) is 5.94. The van der Waals surface area contributed by atoms with Gasteiger partial charge in [-0.2, -0.15) is 0 Å². The summed E-state index contributed by atoms with van der Waals surface area (Å²) in [6.45, 7) is 6.68. The van der Waals surface area contributed by atoms with Crippen molar-refractivity contribution in [3.05, 3.63) is 29.8 Å². The molecule has 0 aliphatic carbocycles. The smallest absolute Gasteiger partial charge is 0.249 e. The first kappa shape index (κ1) is 22.9. The molecule has 1 aliphatic heterocycles. The van der Waals surface area contributed by atoms with Crippen LogP contribution in [0.4, 0.5) is 0 Å². The summed E-state index contributed by atoms with van der Waals surface area (Å²) in [6, 6.07) is 6.93. The second-order valence-corrected chi connectivity index (χ2v) is 9.55. The van der Waals surface area contributed by atoms with Gasteiger partial charge in [0.05, 0.1) is 16.8 Å². The van der Waals surface area contributed by atoms with E-state index in [0.29, 0.717) is 13.0 Å². The fourth-order valence-electron chi connectivity index (χ4n) is 2.77. The highest BCUT2D eigenvalue weighted by Crippen LogP contribution is 2.23. The minimum atomic E-state index is -3.43. The summed E-state index contributed by atoms with van der Waals surface area (Å²) in [5.41, 5.74) is 6.57. The van der Waals surface area contributed by atoms with E-state index >= 15 is 0 Å². The van der Waals surface area contributed by atoms with Crippen LogP contribution < -0.4 is 11.1 Å². The molecule has 6 nitrogen and oxygen atoms in total. The van der Waals surface area contributed by atoms with Gasteiger partial charge in [-0.05, 0) is 36.0 Å². The topological polar surface area (TPSA) is 98.5 Å². The predicted octanol–water partition coefficient (Wildman–Crippen LogP) is 1.80. The summed E-state index contributed by atoms with van der Waals surface area (Å²) < 4.78 is 30.3. The van der Waals surface area contributed by atoms with E-state index in [0.717, 1.165) is 12.0 Å². The number of nitrogens with one attached hydrogen (secondary N) is 1. The molecule has 8 heteroatoms. The van der Waals surface area contributed by atoms with E-state index in [9.17, 15) is 13.2 Å². The standard InChI is InChI=1S/C18H28N2O4S.ClH/c1-18(2,3)13-4-7-15(8-5-13)25(22,23)11-10-20-17(21)16-9-6-14(12-19)24-16;/h4-5,7-8,14,16H,6,9-12,19H2,1-3H3,(H,20,21);1H/t14-,16+;/m1./s1. The lowest BCUT2D eigenvalue weighted by atomic mass is 9.87. The molecule has 1 saturated heterocycles. The molecule has 1 aromatic carbocycles. The van der Waals surface area contributed by atoms with Crippen LogP contribution in [-0.2, 0) is 24.8 Å². The van der Waals surface area contributed by atoms with Gasteiger partial charge >= 0.3 is 0 Å². The highest BCUT2D eigenvalue weighted by Gasteiger charge is 2.29. The average molecular weight is 405 g/mol. The van der Waals surface area contributed by atoms with Gasteiger partial charge in [-0.25, -0.2) is 8.42 Å². The Labute approximate surface area is 162 Å². The van der Waals surface area contributed by atoms with Gasteiger partial charge in [-0.15, -0.1) is 12.4 Å². The Hall–Kier alpha value is -1.15. The maximum Gasteiger partial charge on any atom is 0.249 e. The Morgan fingerprint density at radius 3 is 2.35 bits per heavy atom. The molecule has 0 aromatic heterocycles. The van der Waals surface area contributed by atoms with Crippen LogP contribution in [0.1, 0.15) is 39.2 Å². The average Bonchev–Trinajstić information content (AvgIpc) is 3.03. The molecule has 3 N–H and O–H groups in total. The number of carbonyl (C=O) groups is 1. The summed E-state index contributed by atoms with van der Waals surface area (Å²) in [4.78, 5) is 12.3. The van der Waals surface area contributed by atoms with Gasteiger partial charge in [0.15, 0.2) is 9.84 Å². The van der Waals surface area contributed by atoms with Gasteiger partial charge < -0.3 is 15.8 Å². The van der Waals surface area contributed by atoms with Crippen molar-refractivity contribution in [1.82, 2.24) is 5.32 Å². The Bertz CT molecular complexity index is 699. The van der Waals surface area contributed by atoms with Crippen LogP contribution >= 0.6 is 12.4 Å². The molecule has 148 valence electrons. The molecule has 2 rings (SSSR count). The highest BCUT2D eigenvalue weighted by atomic mass is 35.5. The van der Waals surface area contributed by atoms with Gasteiger partial charge in [-0.3, -0.25) is 4.79 Å². The van der Waals surface area contributed by atoms with Crippen LogP contribution in [0.15, 0.2) is 29.2 Å². The van der Waals surface area contributed by atoms with Crippen LogP contribution in [0.2, 0.25) is 0 Å². The summed E-state index contributed by atoms with van der Waals surface area (Å²) in [5, 5.41) is 2.65. The molecule has 0 unspecified atom stereocenters. The van der Waals surface area contributed by atoms with Crippen molar-refractivity contribution in [2.45, 2.75) is 56.1 Å². The van der Waals surface area contributed by atoms with Crippen molar-refractivity contribution in [3.8, 4) is 0 Å². The van der Waals surface area contributed by atoms with Crippen molar-refractivity contribution in [2.75, 3.05) is 18.8 Å². The van der Waals surface area contributed by atoms with E-state index in [1.807, 2.05) is 12.1 Å². The molecule has 1 aromatic rings. The second kappa shape index (κ2) is 9.17. The summed E-state index contributed by atoms with van der Waals surface area (Å²) in [5.74, 6) is -0.407. The van der Waals surface area contributed by atoms with Crippen LogP contribution in [-0.4, -0.2) is 45.4 Å². The molecule has 1 aliphatic rings. The SMILES string of the molecule is CC(C)(C)c1ccc(S(=O)(=O)CCNC(=O)[C@@H]2CC[C@H](CN)O2)cc1.Cl. The molecular formula is C18H29ClN2O4S. The molecule has 26 heavy (non-hydrogen) atoms. The molecule has 1 fully saturated rings. The van der Waals surface area contributed by atoms with Gasteiger partial charge in [-0.1, -0.05) is 32.9 Å². The zero-order chi connectivity index (χ0) is 18.7. The lowest BCUT2D eigenvalue weighted by Gasteiger charge is -2.19. The fraction of sp³-hybridized carbons (Fsp3) is 0.611. The van der Waals surface area contributed by atoms with E-state index in [-0.39, 0.29) is 47.0 Å². The number of carbonyl (C=O) groups excluding carboxylic acids is 1. The number of amides is 1. The summed E-state index contributed by atoms with van der Waals surface area (Å²) >= 11 is 0. The van der Waals surface area contributed by atoms with Crippen molar-refractivity contribution in [3.63, 3.8) is 0 Å². The minimum absolute atomic E-state index is 0. The first-order valence-electron chi connectivity index (χ1n) is 8.60. The third-order valence-corrected chi connectivity index (χ3v) is 6.14. The molecule has 2 atom stereocenters. The van der Waals surface area contributed by atoms with E-state index in [4.69, 9.17) is 10.5 Å². The number of rotatable bonds is 6. The van der Waals surface area contributed by atoms with E-state index in [1.54, 1.807) is 12.1 Å². The number of benzene rings is 1. The minimum Gasteiger partial charge on any atom is -0.364 e. The number of hydrogen-bond donors (Lipinski definition) is 2. The van der Waals surface area contributed by atoms with Gasteiger partial charge in [0.1, 0.15) is 6.10 Å². The van der Waals surface area contributed by atoms with E-state index in [1.165, 1.54) is 0 Å². The fourth-order valence-corrected chi connectivity index (χ4v) is 3.93. The zero-order valence-corrected chi connectivity index (χ0v) is 17.2. The summed E-state index contributed by atoms with van der Waals surface area (Å²) in [7, 11) is -3.43. The third-order valence-electron chi connectivity index (χ3n) is 4.41. The Kier molecular flexibility index (Phi) is 8.07. The largest absolute Gasteiger partial charge is 0.364 e. The normalized spacial score (nSPS) is 20.5. The maximum absolute atomic E-state index is 12.4. The van der Waals surface area contributed by atoms with Crippen molar-refractivity contribution < 1.29 is 17.9 Å². The number of sulfone groups is 1. The van der Waals surface area contributed by atoms with Gasteiger partial charge in [0, 0.05) is 13.1 Å². The monoisotopic (exact) mass is 404 g/mol. The Morgan fingerprint density at radius 2 is 1.85 bits per heavy atom. The van der Waals surface area contributed by atoms with Gasteiger partial charge in [0.2, 0.25) is 5.91 Å². The van der Waals surface area contributed by atoms with Gasteiger partial charge in [0.25, 0.3) is 0 Å². The van der Waals surface area contributed by atoms with Crippen LogP contribution in [0, 0.1) is 0 Å². The second-order valence-electron chi connectivity index (χ2n) is 7.44. The lowest BCUT2D eigenvalue weighted by molar-refractivity contribution is -0.131. The first-order valence-corrected chi connectivity index (χ1v) is 10.3. The van der Waals surface area contributed by atoms with Crippen LogP contribution in [0.5, 0.6) is 0 Å². The summed E-state index contributed by atoms with van der Waals surface area (Å²) in [6.07, 6.45) is 0.769. The number of nitrogens with two attached hydrogens (primary N) is 1. The zero-order valence-electron chi connectivity index (χ0n) is 15.5. The number of ether oxygens (including phenoxy) is 1. The maximum atomic E-state index is 12.4. The van der Waals surface area contributed by atoms with Crippen LogP contribution in [0.25, 0.3) is 0 Å². The van der Waals surface area contributed by atoms with E-state index in [2.05, 4.69) is 26.1 Å². The molecule has 0 bridgehead atoms. The quantitative estimate of drug-likeness (QED) is 0.753. The van der Waals surface area contributed by atoms with Crippen LogP contribution in [0.3, 0.4) is 0 Å². The van der Waals surface area contributed by atoms with E-state index < -0.39 is 15.9 Å². The van der Waals surface area contributed by atoms with Crippen molar-refractivity contribution >= 4 is 28.2 Å². The molecular weight excluding hydrogens is 376 g/mol. The number of halogens is 1. The number of hydrogen-bond acceptors (Lipinski definition) is 5.